The number of nitrogens with two attached hydrogens (primary N) is 1. The van der Waals surface area contributed by atoms with Crippen molar-refractivity contribution in [3.63, 3.8) is 0 Å². The molecule has 8 nitrogen and oxygen atoms in total. The lowest BCUT2D eigenvalue weighted by molar-refractivity contribution is 0.0686. The molecular weight excluding hydrogens is 284 g/mol. The molecule has 0 radical (unpaired) electrons. The van der Waals surface area contributed by atoms with Gasteiger partial charge in [0.15, 0.2) is 5.69 Å². The highest BCUT2D eigenvalue weighted by Crippen LogP contribution is 2.22. The van der Waals surface area contributed by atoms with E-state index in [2.05, 4.69) is 14.9 Å². The van der Waals surface area contributed by atoms with E-state index in [0.29, 0.717) is 6.42 Å². The van der Waals surface area contributed by atoms with Crippen LogP contribution in [0.4, 0.5) is 0 Å². The summed E-state index contributed by atoms with van der Waals surface area (Å²) in [5.74, 6) is -1.39. The first-order valence-corrected chi connectivity index (χ1v) is 7.87. The average Bonchev–Trinajstić information content (AvgIpc) is 2.75. The molecular formula is C11H18N4O4S. The Labute approximate surface area is 116 Å². The quantitative estimate of drug-likeness (QED) is 0.616. The number of nitrogens with zero attached hydrogens (tertiary/aromatic N) is 1. The van der Waals surface area contributed by atoms with Crippen LogP contribution in [0.15, 0.2) is 4.90 Å². The van der Waals surface area contributed by atoms with Crippen LogP contribution >= 0.6 is 0 Å². The van der Waals surface area contributed by atoms with Gasteiger partial charge < -0.3 is 10.8 Å². The number of carbonyl (C=O) groups is 1. The molecule has 1 fully saturated rings. The normalized spacial score (nSPS) is 23.7. The Morgan fingerprint density at radius 1 is 1.45 bits per heavy atom. The van der Waals surface area contributed by atoms with E-state index >= 15 is 0 Å². The second kappa shape index (κ2) is 5.51. The van der Waals surface area contributed by atoms with E-state index in [-0.39, 0.29) is 22.7 Å². The Morgan fingerprint density at radius 3 is 2.70 bits per heavy atom. The molecule has 0 amide bonds. The molecule has 2 atom stereocenters. The first-order valence-electron chi connectivity index (χ1n) is 6.39. The number of H-pyrrole nitrogens is 1. The van der Waals surface area contributed by atoms with Crippen molar-refractivity contribution in [2.45, 2.75) is 49.6 Å². The van der Waals surface area contributed by atoms with Crippen LogP contribution in [0.2, 0.25) is 0 Å². The third-order valence-corrected chi connectivity index (χ3v) is 5.14. The zero-order valence-corrected chi connectivity index (χ0v) is 11.9. The lowest BCUT2D eigenvalue weighted by atomic mass is 9.92. The van der Waals surface area contributed by atoms with Gasteiger partial charge in [-0.15, -0.1) is 0 Å². The SMILES string of the molecule is Cc1[nH]nc(C(=O)O)c1S(=O)(=O)NC1CCCCC1N. The molecule has 1 heterocycles. The van der Waals surface area contributed by atoms with Gasteiger partial charge in [0.1, 0.15) is 4.90 Å². The van der Waals surface area contributed by atoms with Crippen LogP contribution in [-0.2, 0) is 10.0 Å². The predicted octanol–water partition coefficient (Wildman–Crippen LogP) is -0.0355. The lowest BCUT2D eigenvalue weighted by Crippen LogP contribution is -2.49. The molecule has 1 aromatic heterocycles. The summed E-state index contributed by atoms with van der Waals surface area (Å²) in [6.07, 6.45) is 3.28. The van der Waals surface area contributed by atoms with Crippen molar-refractivity contribution in [2.75, 3.05) is 0 Å². The first kappa shape index (κ1) is 14.9. The largest absolute Gasteiger partial charge is 0.476 e. The van der Waals surface area contributed by atoms with Crippen LogP contribution in [0.5, 0.6) is 0 Å². The number of sulfonamides is 1. The van der Waals surface area contributed by atoms with Gasteiger partial charge in [0.05, 0.1) is 5.69 Å². The summed E-state index contributed by atoms with van der Waals surface area (Å²) in [5, 5.41) is 14.9. The Hall–Kier alpha value is -1.45. The molecule has 0 bridgehead atoms. The van der Waals surface area contributed by atoms with Crippen molar-refractivity contribution in [3.05, 3.63) is 11.4 Å². The summed E-state index contributed by atoms with van der Waals surface area (Å²) in [6, 6.07) is -0.622. The summed E-state index contributed by atoms with van der Waals surface area (Å²) in [5.41, 5.74) is 5.60. The lowest BCUT2D eigenvalue weighted by Gasteiger charge is -2.28. The molecule has 1 aliphatic carbocycles. The van der Waals surface area contributed by atoms with Gasteiger partial charge in [0.2, 0.25) is 10.0 Å². The molecule has 2 rings (SSSR count). The average molecular weight is 302 g/mol. The molecule has 20 heavy (non-hydrogen) atoms. The Bertz CT molecular complexity index is 610. The third kappa shape index (κ3) is 2.84. The summed E-state index contributed by atoms with van der Waals surface area (Å²) in [4.78, 5) is 10.7. The van der Waals surface area contributed by atoms with Crippen LogP contribution in [0.1, 0.15) is 41.9 Å². The van der Waals surface area contributed by atoms with Crippen molar-refractivity contribution in [3.8, 4) is 0 Å². The van der Waals surface area contributed by atoms with Gasteiger partial charge in [0, 0.05) is 12.1 Å². The zero-order chi connectivity index (χ0) is 14.9. The van der Waals surface area contributed by atoms with E-state index < -0.39 is 21.7 Å². The summed E-state index contributed by atoms with van der Waals surface area (Å²) in [7, 11) is -3.96. The highest BCUT2D eigenvalue weighted by molar-refractivity contribution is 7.89. The third-order valence-electron chi connectivity index (χ3n) is 3.49. The van der Waals surface area contributed by atoms with Crippen LogP contribution < -0.4 is 10.5 Å². The van der Waals surface area contributed by atoms with Crippen LogP contribution in [0.3, 0.4) is 0 Å². The minimum atomic E-state index is -3.96. The topological polar surface area (TPSA) is 138 Å². The van der Waals surface area contributed by atoms with Crippen molar-refractivity contribution in [1.29, 1.82) is 0 Å². The number of nitrogens with one attached hydrogen (secondary N) is 2. The molecule has 1 saturated carbocycles. The molecule has 112 valence electrons. The van der Waals surface area contributed by atoms with E-state index in [1.54, 1.807) is 0 Å². The molecule has 0 saturated heterocycles. The zero-order valence-electron chi connectivity index (χ0n) is 11.1. The maximum Gasteiger partial charge on any atom is 0.357 e. The van der Waals surface area contributed by atoms with Gasteiger partial charge in [-0.25, -0.2) is 17.9 Å². The molecule has 0 aromatic carbocycles. The van der Waals surface area contributed by atoms with Crippen LogP contribution in [-0.4, -0.2) is 41.8 Å². The highest BCUT2D eigenvalue weighted by Gasteiger charge is 2.32. The molecule has 0 aliphatic heterocycles. The number of aromatic amines is 1. The van der Waals surface area contributed by atoms with Gasteiger partial charge in [0.25, 0.3) is 0 Å². The fourth-order valence-electron chi connectivity index (χ4n) is 2.46. The standard InChI is InChI=1S/C11H18N4O4S/c1-6-10(9(11(16)17)14-13-6)20(18,19)15-8-5-3-2-4-7(8)12/h7-8,15H,2-5,12H2,1H3,(H,13,14)(H,16,17). The molecule has 5 N–H and O–H groups in total. The fraction of sp³-hybridized carbons (Fsp3) is 0.636. The van der Waals surface area contributed by atoms with E-state index in [1.807, 2.05) is 0 Å². The number of carboxylic acid groups (broad SMARTS) is 1. The molecule has 0 spiro atoms. The molecule has 1 aliphatic rings. The number of rotatable bonds is 4. The Balaban J connectivity index is 2.31. The monoisotopic (exact) mass is 302 g/mol. The second-order valence-corrected chi connectivity index (χ2v) is 6.66. The maximum atomic E-state index is 12.4. The summed E-state index contributed by atoms with van der Waals surface area (Å²) >= 11 is 0. The van der Waals surface area contributed by atoms with Crippen molar-refractivity contribution >= 4 is 16.0 Å². The van der Waals surface area contributed by atoms with E-state index in [4.69, 9.17) is 10.8 Å². The number of aromatic carboxylic acids is 1. The maximum absolute atomic E-state index is 12.4. The van der Waals surface area contributed by atoms with Gasteiger partial charge in [-0.05, 0) is 19.8 Å². The molecule has 1 aromatic rings. The number of aryl methyl sites for hydroxylation is 1. The Morgan fingerprint density at radius 2 is 2.10 bits per heavy atom. The number of aromatic nitrogens is 2. The fourth-order valence-corrected chi connectivity index (χ4v) is 4.10. The summed E-state index contributed by atoms with van der Waals surface area (Å²) in [6.45, 7) is 1.47. The van der Waals surface area contributed by atoms with Gasteiger partial charge >= 0.3 is 5.97 Å². The first-order chi connectivity index (χ1) is 9.33. The van der Waals surface area contributed by atoms with Crippen molar-refractivity contribution in [1.82, 2.24) is 14.9 Å². The van der Waals surface area contributed by atoms with E-state index in [9.17, 15) is 13.2 Å². The van der Waals surface area contributed by atoms with Gasteiger partial charge in [-0.1, -0.05) is 12.8 Å². The summed E-state index contributed by atoms with van der Waals surface area (Å²) < 4.78 is 27.2. The smallest absolute Gasteiger partial charge is 0.357 e. The van der Waals surface area contributed by atoms with E-state index in [0.717, 1.165) is 19.3 Å². The second-order valence-electron chi connectivity index (χ2n) is 5.01. The number of hydrogen-bond donors (Lipinski definition) is 4. The Kier molecular flexibility index (Phi) is 4.11. The minimum Gasteiger partial charge on any atom is -0.476 e. The molecule has 2 unspecified atom stereocenters. The van der Waals surface area contributed by atoms with Gasteiger partial charge in [-0.3, -0.25) is 5.10 Å². The van der Waals surface area contributed by atoms with Crippen LogP contribution in [0.25, 0.3) is 0 Å². The van der Waals surface area contributed by atoms with Crippen LogP contribution in [0, 0.1) is 6.92 Å². The van der Waals surface area contributed by atoms with Crippen molar-refractivity contribution < 1.29 is 18.3 Å². The molecule has 9 heteroatoms. The number of hydrogen-bond acceptors (Lipinski definition) is 5. The minimum absolute atomic E-state index is 0.194. The van der Waals surface area contributed by atoms with Crippen molar-refractivity contribution in [2.24, 2.45) is 5.73 Å². The predicted molar refractivity (Wildman–Crippen MR) is 70.8 cm³/mol. The van der Waals surface area contributed by atoms with Gasteiger partial charge in [-0.2, -0.15) is 5.10 Å². The van der Waals surface area contributed by atoms with E-state index in [1.165, 1.54) is 6.92 Å². The highest BCUT2D eigenvalue weighted by atomic mass is 32.2. The number of carboxylic acids is 1.